The van der Waals surface area contributed by atoms with E-state index in [4.69, 9.17) is 10.2 Å². The van der Waals surface area contributed by atoms with Crippen LogP contribution in [-0.4, -0.2) is 12.5 Å². The van der Waals surface area contributed by atoms with Gasteiger partial charge in [0.2, 0.25) is 5.91 Å². The number of carbonyl (C=O) groups excluding carboxylic acids is 1. The van der Waals surface area contributed by atoms with Gasteiger partial charge in [0.1, 0.15) is 5.58 Å². The predicted octanol–water partition coefficient (Wildman–Crippen LogP) is 1.01. The Hall–Kier alpha value is -1.81. The predicted molar refractivity (Wildman–Crippen MR) is 57.1 cm³/mol. The zero-order chi connectivity index (χ0) is 10.7. The summed E-state index contributed by atoms with van der Waals surface area (Å²) >= 11 is 0. The normalized spacial score (nSPS) is 10.7. The molecule has 0 unspecified atom stereocenters. The Morgan fingerprint density at radius 3 is 3.00 bits per heavy atom. The largest absolute Gasteiger partial charge is 0.464 e. The Morgan fingerprint density at radius 1 is 1.40 bits per heavy atom. The van der Waals surface area contributed by atoms with Crippen LogP contribution in [0.2, 0.25) is 0 Å². The van der Waals surface area contributed by atoms with E-state index in [1.54, 1.807) is 6.26 Å². The molecule has 0 saturated carbocycles. The van der Waals surface area contributed by atoms with Crippen molar-refractivity contribution in [1.29, 1.82) is 0 Å². The van der Waals surface area contributed by atoms with E-state index in [9.17, 15) is 4.79 Å². The summed E-state index contributed by atoms with van der Waals surface area (Å²) in [7, 11) is 0. The average Bonchev–Trinajstić information content (AvgIpc) is 2.62. The Kier molecular flexibility index (Phi) is 2.69. The smallest absolute Gasteiger partial charge is 0.231 e. The molecule has 0 aliphatic heterocycles. The summed E-state index contributed by atoms with van der Waals surface area (Å²) in [5.74, 6) is -0.359. The van der Waals surface area contributed by atoms with Gasteiger partial charge in [0.05, 0.1) is 12.8 Å². The van der Waals surface area contributed by atoms with E-state index in [0.717, 1.165) is 16.5 Å². The maximum atomic E-state index is 10.5. The molecule has 2 rings (SSSR count). The van der Waals surface area contributed by atoms with Crippen molar-refractivity contribution >= 4 is 16.9 Å². The summed E-state index contributed by atoms with van der Waals surface area (Å²) in [6.45, 7) is 0.763. The molecule has 15 heavy (non-hydrogen) atoms. The third-order valence-corrected chi connectivity index (χ3v) is 2.18. The molecule has 0 radical (unpaired) electrons. The summed E-state index contributed by atoms with van der Waals surface area (Å²) in [5, 5.41) is 4.01. The molecule has 0 saturated heterocycles. The van der Waals surface area contributed by atoms with Gasteiger partial charge in [0.25, 0.3) is 0 Å². The molecule has 1 heterocycles. The van der Waals surface area contributed by atoms with Gasteiger partial charge in [-0.15, -0.1) is 0 Å². The highest BCUT2D eigenvalue weighted by molar-refractivity contribution is 5.81. The molecule has 2 aromatic rings. The highest BCUT2D eigenvalue weighted by Gasteiger charge is 2.04. The van der Waals surface area contributed by atoms with Crippen molar-refractivity contribution in [3.8, 4) is 0 Å². The number of hydrogen-bond acceptors (Lipinski definition) is 3. The van der Waals surface area contributed by atoms with Gasteiger partial charge in [0, 0.05) is 17.5 Å². The zero-order valence-electron chi connectivity index (χ0n) is 8.19. The molecular formula is C11H12N2O2. The Morgan fingerprint density at radius 2 is 2.20 bits per heavy atom. The van der Waals surface area contributed by atoms with Crippen LogP contribution in [0.15, 0.2) is 34.9 Å². The lowest BCUT2D eigenvalue weighted by atomic mass is 10.2. The van der Waals surface area contributed by atoms with E-state index in [-0.39, 0.29) is 12.5 Å². The molecule has 0 aliphatic rings. The van der Waals surface area contributed by atoms with E-state index in [0.29, 0.717) is 6.54 Å². The minimum absolute atomic E-state index is 0.180. The summed E-state index contributed by atoms with van der Waals surface area (Å²) in [5.41, 5.74) is 6.91. The molecule has 3 N–H and O–H groups in total. The lowest BCUT2D eigenvalue weighted by Crippen LogP contribution is -2.27. The van der Waals surface area contributed by atoms with Crippen LogP contribution in [0.3, 0.4) is 0 Å². The van der Waals surface area contributed by atoms with E-state index in [1.165, 1.54) is 0 Å². The van der Waals surface area contributed by atoms with Crippen molar-refractivity contribution in [2.45, 2.75) is 6.54 Å². The minimum Gasteiger partial charge on any atom is -0.464 e. The first-order valence-electron chi connectivity index (χ1n) is 4.71. The van der Waals surface area contributed by atoms with Gasteiger partial charge < -0.3 is 15.5 Å². The third kappa shape index (κ3) is 2.16. The SMILES string of the molecule is NC(=O)CNCc1coc2ccccc12. The maximum Gasteiger partial charge on any atom is 0.231 e. The number of fused-ring (bicyclic) bond motifs is 1. The minimum atomic E-state index is -0.359. The van der Waals surface area contributed by atoms with Gasteiger partial charge in [-0.1, -0.05) is 18.2 Å². The van der Waals surface area contributed by atoms with E-state index in [2.05, 4.69) is 5.32 Å². The highest BCUT2D eigenvalue weighted by atomic mass is 16.3. The molecule has 0 fully saturated rings. The number of carbonyl (C=O) groups is 1. The van der Waals surface area contributed by atoms with Gasteiger partial charge >= 0.3 is 0 Å². The standard InChI is InChI=1S/C11H12N2O2/c12-11(14)6-13-5-8-7-15-10-4-2-1-3-9(8)10/h1-4,7,13H,5-6H2,(H2,12,14). The van der Waals surface area contributed by atoms with Gasteiger partial charge in [0.15, 0.2) is 0 Å². The molecule has 1 aromatic heterocycles. The fraction of sp³-hybridized carbons (Fsp3) is 0.182. The number of primary amides is 1. The number of amides is 1. The highest BCUT2D eigenvalue weighted by Crippen LogP contribution is 2.20. The van der Waals surface area contributed by atoms with E-state index >= 15 is 0 Å². The summed E-state index contributed by atoms with van der Waals surface area (Å²) in [6, 6.07) is 7.77. The van der Waals surface area contributed by atoms with Gasteiger partial charge in [-0.2, -0.15) is 0 Å². The molecular weight excluding hydrogens is 192 g/mol. The molecule has 4 nitrogen and oxygen atoms in total. The molecule has 1 aromatic carbocycles. The van der Waals surface area contributed by atoms with Crippen LogP contribution >= 0.6 is 0 Å². The molecule has 1 amide bonds. The first-order valence-corrected chi connectivity index (χ1v) is 4.71. The number of benzene rings is 1. The van der Waals surface area contributed by atoms with Crippen molar-refractivity contribution in [1.82, 2.24) is 5.32 Å². The van der Waals surface area contributed by atoms with Crippen molar-refractivity contribution in [3.63, 3.8) is 0 Å². The molecule has 0 aliphatic carbocycles. The van der Waals surface area contributed by atoms with Crippen LogP contribution in [0.5, 0.6) is 0 Å². The Bertz CT molecular complexity index is 476. The first-order chi connectivity index (χ1) is 7.27. The van der Waals surface area contributed by atoms with E-state index in [1.807, 2.05) is 24.3 Å². The van der Waals surface area contributed by atoms with Gasteiger partial charge in [-0.3, -0.25) is 4.79 Å². The average molecular weight is 204 g/mol. The second kappa shape index (κ2) is 4.14. The van der Waals surface area contributed by atoms with Crippen molar-refractivity contribution in [3.05, 3.63) is 36.1 Å². The number of para-hydroxylation sites is 1. The van der Waals surface area contributed by atoms with Gasteiger partial charge in [-0.25, -0.2) is 0 Å². The summed E-state index contributed by atoms with van der Waals surface area (Å²) < 4.78 is 5.35. The van der Waals surface area contributed by atoms with Crippen molar-refractivity contribution in [2.24, 2.45) is 5.73 Å². The van der Waals surface area contributed by atoms with Crippen molar-refractivity contribution in [2.75, 3.05) is 6.54 Å². The first kappa shape index (κ1) is 9.73. The zero-order valence-corrected chi connectivity index (χ0v) is 8.19. The summed E-state index contributed by atoms with van der Waals surface area (Å²) in [6.07, 6.45) is 1.69. The van der Waals surface area contributed by atoms with Gasteiger partial charge in [-0.05, 0) is 6.07 Å². The maximum absolute atomic E-state index is 10.5. The quantitative estimate of drug-likeness (QED) is 0.780. The Labute approximate surface area is 87.1 Å². The second-order valence-electron chi connectivity index (χ2n) is 3.33. The number of rotatable bonds is 4. The number of hydrogen-bond donors (Lipinski definition) is 2. The topological polar surface area (TPSA) is 68.3 Å². The third-order valence-electron chi connectivity index (χ3n) is 2.18. The number of nitrogens with two attached hydrogens (primary N) is 1. The van der Waals surface area contributed by atoms with Crippen LogP contribution in [0.1, 0.15) is 5.56 Å². The van der Waals surface area contributed by atoms with Crippen LogP contribution in [0.25, 0.3) is 11.0 Å². The summed E-state index contributed by atoms with van der Waals surface area (Å²) in [4.78, 5) is 10.5. The van der Waals surface area contributed by atoms with Crippen LogP contribution < -0.4 is 11.1 Å². The van der Waals surface area contributed by atoms with E-state index < -0.39 is 0 Å². The van der Waals surface area contributed by atoms with Crippen LogP contribution in [0, 0.1) is 0 Å². The molecule has 4 heteroatoms. The molecule has 78 valence electrons. The second-order valence-corrected chi connectivity index (χ2v) is 3.33. The molecule has 0 bridgehead atoms. The number of furan rings is 1. The Balaban J connectivity index is 2.11. The fourth-order valence-corrected chi connectivity index (χ4v) is 1.49. The molecule has 0 spiro atoms. The fourth-order valence-electron chi connectivity index (χ4n) is 1.49. The van der Waals surface area contributed by atoms with Crippen LogP contribution in [-0.2, 0) is 11.3 Å². The molecule has 0 atom stereocenters. The van der Waals surface area contributed by atoms with Crippen LogP contribution in [0.4, 0.5) is 0 Å². The lowest BCUT2D eigenvalue weighted by molar-refractivity contribution is -0.117. The van der Waals surface area contributed by atoms with Crippen molar-refractivity contribution < 1.29 is 9.21 Å². The monoisotopic (exact) mass is 204 g/mol. The lowest BCUT2D eigenvalue weighted by Gasteiger charge is -1.99. The number of nitrogens with one attached hydrogen (secondary N) is 1.